The lowest BCUT2D eigenvalue weighted by Gasteiger charge is -2.24. The topological polar surface area (TPSA) is 61.5 Å². The van der Waals surface area contributed by atoms with Crippen LogP contribution in [0.1, 0.15) is 11.1 Å². The molecule has 3 heterocycles. The Morgan fingerprint density at radius 1 is 1.04 bits per heavy atom. The molecule has 0 saturated heterocycles. The maximum Gasteiger partial charge on any atom is 0.235 e. The van der Waals surface area contributed by atoms with Gasteiger partial charge >= 0.3 is 0 Å². The number of ether oxygens (including phenoxy) is 2. The van der Waals surface area contributed by atoms with E-state index in [-0.39, 0.29) is 6.10 Å². The molecule has 1 aliphatic rings. The van der Waals surface area contributed by atoms with E-state index in [1.807, 2.05) is 48.5 Å². The highest BCUT2D eigenvalue weighted by Crippen LogP contribution is 2.37. The van der Waals surface area contributed by atoms with Gasteiger partial charge in [-0.15, -0.1) is 10.2 Å². The van der Waals surface area contributed by atoms with E-state index in [0.717, 1.165) is 31.5 Å². The Morgan fingerprint density at radius 2 is 1.84 bits per heavy atom. The smallest absolute Gasteiger partial charge is 0.235 e. The molecule has 2 aromatic heterocycles. The molecule has 0 bridgehead atoms. The highest BCUT2D eigenvalue weighted by molar-refractivity contribution is 9.10. The molecular weight excluding hydrogens is 404 g/mol. The van der Waals surface area contributed by atoms with E-state index < -0.39 is 0 Å². The summed E-state index contributed by atoms with van der Waals surface area (Å²) < 4.78 is 14.5. The van der Waals surface area contributed by atoms with Gasteiger partial charge in [-0.1, -0.05) is 51.5 Å². The summed E-state index contributed by atoms with van der Waals surface area (Å²) in [6, 6.07) is 15.5. The van der Waals surface area contributed by atoms with Gasteiger partial charge < -0.3 is 9.47 Å². The van der Waals surface area contributed by atoms with Gasteiger partial charge in [0.05, 0.1) is 0 Å². The normalized spacial score (nSPS) is 16.3. The second-order valence-electron chi connectivity index (χ2n) is 5.50. The summed E-state index contributed by atoms with van der Waals surface area (Å²) >= 11 is 5.01. The number of rotatable bonds is 2. The van der Waals surface area contributed by atoms with Crippen molar-refractivity contribution in [2.75, 3.05) is 6.61 Å². The Morgan fingerprint density at radius 3 is 2.72 bits per heavy atom. The molecule has 0 radical (unpaired) electrons. The molecule has 1 atom stereocenters. The van der Waals surface area contributed by atoms with Crippen LogP contribution in [-0.4, -0.2) is 26.4 Å². The van der Waals surface area contributed by atoms with Crippen molar-refractivity contribution >= 4 is 32.2 Å². The first-order valence-electron chi connectivity index (χ1n) is 7.65. The van der Waals surface area contributed by atoms with Gasteiger partial charge in [0.15, 0.2) is 28.4 Å². The third-order valence-corrected chi connectivity index (χ3v) is 5.59. The van der Waals surface area contributed by atoms with E-state index in [1.165, 1.54) is 11.3 Å². The molecule has 8 heteroatoms. The molecule has 25 heavy (non-hydrogen) atoms. The summed E-state index contributed by atoms with van der Waals surface area (Å²) in [6.45, 7) is 0.422. The minimum atomic E-state index is -0.256. The third-order valence-electron chi connectivity index (χ3n) is 3.91. The minimum absolute atomic E-state index is 0.256. The fraction of sp³-hybridized carbons (Fsp3) is 0.118. The van der Waals surface area contributed by atoms with Crippen molar-refractivity contribution in [2.24, 2.45) is 0 Å². The summed E-state index contributed by atoms with van der Waals surface area (Å²) in [6.07, 6.45) is -0.256. The number of nitrogens with zero attached hydrogens (tertiary/aromatic N) is 4. The maximum atomic E-state index is 6.04. The SMILES string of the molecule is Brc1ccccc1-c1nnc2sc([C@@H]3COc4ccccc4O3)nn12. The van der Waals surface area contributed by atoms with E-state index in [2.05, 4.69) is 31.2 Å². The van der Waals surface area contributed by atoms with Crippen molar-refractivity contribution in [3.05, 3.63) is 58.0 Å². The van der Waals surface area contributed by atoms with E-state index in [4.69, 9.17) is 9.47 Å². The summed E-state index contributed by atoms with van der Waals surface area (Å²) in [7, 11) is 0. The molecule has 0 N–H and O–H groups in total. The van der Waals surface area contributed by atoms with Crippen molar-refractivity contribution in [1.29, 1.82) is 0 Å². The molecular formula is C17H11BrN4O2S. The zero-order valence-electron chi connectivity index (χ0n) is 12.8. The molecule has 0 aliphatic carbocycles. The predicted molar refractivity (Wildman–Crippen MR) is 97.1 cm³/mol. The van der Waals surface area contributed by atoms with E-state index in [0.29, 0.717) is 12.4 Å². The summed E-state index contributed by atoms with van der Waals surface area (Å²) in [5.74, 6) is 2.19. The standard InChI is InChI=1S/C17H11BrN4O2S/c18-11-6-2-1-5-10(11)15-19-20-17-22(15)21-16(25-17)14-9-23-12-7-3-4-8-13(12)24-14/h1-8,14H,9H2/t14-/m0/s1. The Labute approximate surface area is 155 Å². The highest BCUT2D eigenvalue weighted by Gasteiger charge is 2.27. The average molecular weight is 415 g/mol. The fourth-order valence-corrected chi connectivity index (χ4v) is 4.03. The lowest BCUT2D eigenvalue weighted by atomic mass is 10.2. The van der Waals surface area contributed by atoms with Crippen molar-refractivity contribution in [2.45, 2.75) is 6.10 Å². The second kappa shape index (κ2) is 5.82. The lowest BCUT2D eigenvalue weighted by molar-refractivity contribution is 0.0904. The van der Waals surface area contributed by atoms with E-state index >= 15 is 0 Å². The van der Waals surface area contributed by atoms with Crippen LogP contribution >= 0.6 is 27.3 Å². The minimum Gasteiger partial charge on any atom is -0.485 e. The van der Waals surface area contributed by atoms with Gasteiger partial charge in [-0.2, -0.15) is 9.61 Å². The van der Waals surface area contributed by atoms with Crippen molar-refractivity contribution in [3.8, 4) is 22.9 Å². The van der Waals surface area contributed by atoms with Crippen molar-refractivity contribution in [1.82, 2.24) is 19.8 Å². The number of hydrogen-bond acceptors (Lipinski definition) is 6. The number of hydrogen-bond donors (Lipinski definition) is 0. The number of fused-ring (bicyclic) bond motifs is 2. The van der Waals surface area contributed by atoms with E-state index in [9.17, 15) is 0 Å². The van der Waals surface area contributed by atoms with E-state index in [1.54, 1.807) is 4.52 Å². The molecule has 0 saturated carbocycles. The molecule has 4 aromatic rings. The van der Waals surface area contributed by atoms with Crippen LogP contribution in [0, 0.1) is 0 Å². The van der Waals surface area contributed by atoms with Gasteiger partial charge in [0.2, 0.25) is 4.96 Å². The van der Waals surface area contributed by atoms with Gasteiger partial charge in [0, 0.05) is 10.0 Å². The lowest BCUT2D eigenvalue weighted by Crippen LogP contribution is -2.21. The van der Waals surface area contributed by atoms with Crippen LogP contribution in [0.25, 0.3) is 16.3 Å². The van der Waals surface area contributed by atoms with Crippen LogP contribution in [0.2, 0.25) is 0 Å². The maximum absolute atomic E-state index is 6.04. The number of benzene rings is 2. The fourth-order valence-electron chi connectivity index (χ4n) is 2.71. The third kappa shape index (κ3) is 2.49. The number of halogens is 1. The van der Waals surface area contributed by atoms with Gasteiger partial charge in [0.25, 0.3) is 0 Å². The van der Waals surface area contributed by atoms with Crippen LogP contribution in [0.4, 0.5) is 0 Å². The first-order chi connectivity index (χ1) is 12.3. The first kappa shape index (κ1) is 14.9. The predicted octanol–water partition coefficient (Wildman–Crippen LogP) is 4.13. The molecule has 0 spiro atoms. The second-order valence-corrected chi connectivity index (χ2v) is 7.34. The quantitative estimate of drug-likeness (QED) is 0.493. The Kier molecular flexibility index (Phi) is 3.46. The Balaban J connectivity index is 1.53. The monoisotopic (exact) mass is 414 g/mol. The largest absolute Gasteiger partial charge is 0.485 e. The molecule has 0 amide bonds. The van der Waals surface area contributed by atoms with Gasteiger partial charge in [0.1, 0.15) is 6.61 Å². The van der Waals surface area contributed by atoms with Crippen molar-refractivity contribution < 1.29 is 9.47 Å². The zero-order valence-corrected chi connectivity index (χ0v) is 15.2. The molecule has 2 aromatic carbocycles. The van der Waals surface area contributed by atoms with Gasteiger partial charge in [-0.25, -0.2) is 0 Å². The summed E-state index contributed by atoms with van der Waals surface area (Å²) in [4.78, 5) is 0.725. The molecule has 124 valence electrons. The first-order valence-corrected chi connectivity index (χ1v) is 9.26. The number of para-hydroxylation sites is 2. The Hall–Kier alpha value is -2.45. The van der Waals surface area contributed by atoms with Gasteiger partial charge in [-0.05, 0) is 24.3 Å². The van der Waals surface area contributed by atoms with Crippen LogP contribution in [-0.2, 0) is 0 Å². The zero-order chi connectivity index (χ0) is 16.8. The van der Waals surface area contributed by atoms with Crippen LogP contribution in [0.15, 0.2) is 53.0 Å². The average Bonchev–Trinajstić information content (AvgIpc) is 3.23. The molecule has 0 unspecified atom stereocenters. The molecule has 6 nitrogen and oxygen atoms in total. The number of aromatic nitrogens is 4. The van der Waals surface area contributed by atoms with Crippen LogP contribution < -0.4 is 9.47 Å². The Bertz CT molecular complexity index is 1080. The summed E-state index contributed by atoms with van der Waals surface area (Å²) in [5, 5.41) is 14.0. The van der Waals surface area contributed by atoms with Crippen LogP contribution in [0.3, 0.4) is 0 Å². The van der Waals surface area contributed by atoms with Crippen molar-refractivity contribution in [3.63, 3.8) is 0 Å². The molecule has 5 rings (SSSR count). The van der Waals surface area contributed by atoms with Crippen LogP contribution in [0.5, 0.6) is 11.5 Å². The summed E-state index contributed by atoms with van der Waals surface area (Å²) in [5.41, 5.74) is 0.943. The highest BCUT2D eigenvalue weighted by atomic mass is 79.9. The molecule has 1 aliphatic heterocycles. The van der Waals surface area contributed by atoms with Gasteiger partial charge in [-0.3, -0.25) is 0 Å². The molecule has 0 fully saturated rings.